The number of hydrazine groups is 1. The Morgan fingerprint density at radius 2 is 2.13 bits per heavy atom. The molecule has 0 saturated carbocycles. The molecule has 0 spiro atoms. The number of rotatable bonds is 4. The molecule has 0 aromatic carbocycles. The first kappa shape index (κ1) is 9.95. The van der Waals surface area contributed by atoms with Crippen LogP contribution >= 0.6 is 11.3 Å². The first-order valence-corrected chi connectivity index (χ1v) is 5.51. The molecule has 0 radical (unpaired) electrons. The van der Waals surface area contributed by atoms with Crippen LogP contribution in [0.5, 0.6) is 0 Å². The molecule has 0 fully saturated rings. The Hall–Kier alpha value is -1.59. The lowest BCUT2D eigenvalue weighted by Gasteiger charge is -2.05. The smallest absolute Gasteiger partial charge is 0.142 e. The summed E-state index contributed by atoms with van der Waals surface area (Å²) in [6.45, 7) is 0.782. The maximum atomic E-state index is 5.27. The van der Waals surface area contributed by atoms with Crippen molar-refractivity contribution < 1.29 is 0 Å². The lowest BCUT2D eigenvalue weighted by molar-refractivity contribution is 1.11. The number of thiophene rings is 1. The Morgan fingerprint density at radius 3 is 2.87 bits per heavy atom. The molecule has 0 bridgehead atoms. The van der Waals surface area contributed by atoms with E-state index in [4.69, 9.17) is 5.84 Å². The third kappa shape index (κ3) is 2.68. The fourth-order valence-corrected chi connectivity index (χ4v) is 1.87. The first-order valence-electron chi connectivity index (χ1n) is 4.57. The van der Waals surface area contributed by atoms with Crippen molar-refractivity contribution in [2.45, 2.75) is 6.54 Å². The molecule has 0 unspecified atom stereocenters. The highest BCUT2D eigenvalue weighted by Crippen LogP contribution is 2.11. The number of nitrogens with two attached hydrogens (primary N) is 1. The highest BCUT2D eigenvalue weighted by molar-refractivity contribution is 7.07. The minimum absolute atomic E-state index is 0.658. The van der Waals surface area contributed by atoms with E-state index in [-0.39, 0.29) is 0 Å². The molecule has 2 aromatic heterocycles. The second-order valence-corrected chi connectivity index (χ2v) is 3.82. The van der Waals surface area contributed by atoms with Gasteiger partial charge in [0.15, 0.2) is 0 Å². The Balaban J connectivity index is 1.98. The van der Waals surface area contributed by atoms with Crippen LogP contribution < -0.4 is 16.6 Å². The summed E-state index contributed by atoms with van der Waals surface area (Å²) in [6, 6.07) is 7.71. The van der Waals surface area contributed by atoms with Crippen LogP contribution in [0.15, 0.2) is 35.0 Å². The minimum Gasteiger partial charge on any atom is -0.366 e. The van der Waals surface area contributed by atoms with Gasteiger partial charge in [0, 0.05) is 6.54 Å². The summed E-state index contributed by atoms with van der Waals surface area (Å²) in [5.41, 5.74) is 3.77. The van der Waals surface area contributed by atoms with Gasteiger partial charge in [-0.05, 0) is 34.5 Å². The van der Waals surface area contributed by atoms with Gasteiger partial charge in [-0.3, -0.25) is 0 Å². The summed E-state index contributed by atoms with van der Waals surface area (Å²) in [7, 11) is 0. The molecule has 0 aliphatic heterocycles. The Kier molecular flexibility index (Phi) is 3.16. The van der Waals surface area contributed by atoms with Gasteiger partial charge in [0.25, 0.3) is 0 Å². The van der Waals surface area contributed by atoms with Crippen LogP contribution in [-0.4, -0.2) is 4.98 Å². The van der Waals surface area contributed by atoms with E-state index in [0.29, 0.717) is 5.82 Å². The van der Waals surface area contributed by atoms with Gasteiger partial charge < -0.3 is 10.7 Å². The zero-order chi connectivity index (χ0) is 10.5. The molecule has 2 heterocycles. The van der Waals surface area contributed by atoms with Gasteiger partial charge in [0.2, 0.25) is 0 Å². The predicted octanol–water partition coefficient (Wildman–Crippen LogP) is 2.04. The topological polar surface area (TPSA) is 63.0 Å². The zero-order valence-electron chi connectivity index (χ0n) is 8.10. The number of anilines is 2. The van der Waals surface area contributed by atoms with Crippen LogP contribution in [0.1, 0.15) is 5.56 Å². The molecule has 4 nitrogen and oxygen atoms in total. The van der Waals surface area contributed by atoms with Gasteiger partial charge in [-0.25, -0.2) is 10.8 Å². The molecular weight excluding hydrogens is 208 g/mol. The monoisotopic (exact) mass is 220 g/mol. The summed E-state index contributed by atoms with van der Waals surface area (Å²) in [5, 5.41) is 7.39. The average Bonchev–Trinajstić information content (AvgIpc) is 2.79. The Bertz CT molecular complexity index is 413. The van der Waals surface area contributed by atoms with Crippen molar-refractivity contribution in [3.8, 4) is 0 Å². The lowest BCUT2D eigenvalue weighted by Crippen LogP contribution is -2.09. The van der Waals surface area contributed by atoms with Crippen LogP contribution in [0.4, 0.5) is 11.6 Å². The summed E-state index contributed by atoms with van der Waals surface area (Å²) in [4.78, 5) is 4.25. The normalized spacial score (nSPS) is 9.93. The van der Waals surface area contributed by atoms with Crippen LogP contribution in [0.3, 0.4) is 0 Å². The number of pyridine rings is 1. The fourth-order valence-electron chi connectivity index (χ4n) is 1.20. The second-order valence-electron chi connectivity index (χ2n) is 3.04. The van der Waals surface area contributed by atoms with Crippen LogP contribution in [0.2, 0.25) is 0 Å². The van der Waals surface area contributed by atoms with E-state index in [1.54, 1.807) is 11.3 Å². The molecule has 5 heteroatoms. The Morgan fingerprint density at radius 1 is 1.27 bits per heavy atom. The third-order valence-corrected chi connectivity index (χ3v) is 2.68. The fraction of sp³-hybridized carbons (Fsp3) is 0.100. The summed E-state index contributed by atoms with van der Waals surface area (Å²) in [6.07, 6.45) is 0. The molecule has 0 saturated heterocycles. The Labute approximate surface area is 92.1 Å². The van der Waals surface area contributed by atoms with Gasteiger partial charge in [-0.15, -0.1) is 0 Å². The van der Waals surface area contributed by atoms with Crippen molar-refractivity contribution in [1.29, 1.82) is 0 Å². The van der Waals surface area contributed by atoms with Crippen molar-refractivity contribution in [3.05, 3.63) is 40.6 Å². The van der Waals surface area contributed by atoms with Crippen LogP contribution in [0, 0.1) is 0 Å². The summed E-state index contributed by atoms with van der Waals surface area (Å²) >= 11 is 1.69. The second kappa shape index (κ2) is 4.77. The van der Waals surface area contributed by atoms with E-state index in [2.05, 4.69) is 32.6 Å². The molecule has 2 rings (SSSR count). The van der Waals surface area contributed by atoms with Gasteiger partial charge in [-0.1, -0.05) is 6.07 Å². The SMILES string of the molecule is NNc1cccc(NCc2ccsc2)n1. The van der Waals surface area contributed by atoms with Crippen LogP contribution in [-0.2, 0) is 6.54 Å². The highest BCUT2D eigenvalue weighted by Gasteiger charge is 1.96. The minimum atomic E-state index is 0.658. The molecule has 0 aliphatic carbocycles. The van der Waals surface area contributed by atoms with Crippen molar-refractivity contribution in [1.82, 2.24) is 4.98 Å². The van der Waals surface area contributed by atoms with Crippen LogP contribution in [0.25, 0.3) is 0 Å². The number of nitrogens with zero attached hydrogens (tertiary/aromatic N) is 1. The van der Waals surface area contributed by atoms with E-state index < -0.39 is 0 Å². The molecule has 0 amide bonds. The molecule has 0 aliphatic rings. The molecule has 78 valence electrons. The number of nitrogen functional groups attached to an aromatic ring is 1. The molecule has 4 N–H and O–H groups in total. The summed E-state index contributed by atoms with van der Waals surface area (Å²) < 4.78 is 0. The standard InChI is InChI=1S/C10H12N4S/c11-14-10-3-1-2-9(13-10)12-6-8-4-5-15-7-8/h1-5,7H,6,11H2,(H2,12,13,14). The maximum absolute atomic E-state index is 5.27. The van der Waals surface area contributed by atoms with E-state index >= 15 is 0 Å². The van der Waals surface area contributed by atoms with Gasteiger partial charge in [0.05, 0.1) is 0 Å². The van der Waals surface area contributed by atoms with E-state index in [1.807, 2.05) is 18.2 Å². The van der Waals surface area contributed by atoms with E-state index in [9.17, 15) is 0 Å². The number of nitrogens with one attached hydrogen (secondary N) is 2. The van der Waals surface area contributed by atoms with Crippen molar-refractivity contribution in [3.63, 3.8) is 0 Å². The molecular formula is C10H12N4S. The molecule has 0 atom stereocenters. The predicted molar refractivity (Wildman–Crippen MR) is 63.7 cm³/mol. The van der Waals surface area contributed by atoms with Gasteiger partial charge in [0.1, 0.15) is 11.6 Å². The lowest BCUT2D eigenvalue weighted by atomic mass is 10.3. The third-order valence-electron chi connectivity index (χ3n) is 1.95. The summed E-state index contributed by atoms with van der Waals surface area (Å²) in [5.74, 6) is 6.74. The average molecular weight is 220 g/mol. The molecule has 2 aromatic rings. The van der Waals surface area contributed by atoms with E-state index in [1.165, 1.54) is 5.56 Å². The highest BCUT2D eigenvalue weighted by atomic mass is 32.1. The number of hydrogen-bond donors (Lipinski definition) is 3. The van der Waals surface area contributed by atoms with Gasteiger partial charge >= 0.3 is 0 Å². The zero-order valence-corrected chi connectivity index (χ0v) is 8.92. The molecule has 15 heavy (non-hydrogen) atoms. The maximum Gasteiger partial charge on any atom is 0.142 e. The number of aromatic nitrogens is 1. The van der Waals surface area contributed by atoms with E-state index in [0.717, 1.165) is 12.4 Å². The first-order chi connectivity index (χ1) is 7.38. The van der Waals surface area contributed by atoms with Crippen molar-refractivity contribution in [2.24, 2.45) is 5.84 Å². The van der Waals surface area contributed by atoms with Crippen molar-refractivity contribution in [2.75, 3.05) is 10.7 Å². The van der Waals surface area contributed by atoms with Crippen molar-refractivity contribution >= 4 is 23.0 Å². The number of hydrogen-bond acceptors (Lipinski definition) is 5. The van der Waals surface area contributed by atoms with Gasteiger partial charge in [-0.2, -0.15) is 11.3 Å². The quantitative estimate of drug-likeness (QED) is 0.545. The largest absolute Gasteiger partial charge is 0.366 e.